The molecular weight excluding hydrogens is 388 g/mol. The lowest BCUT2D eigenvalue weighted by atomic mass is 10.0. The molecule has 3 N–H and O–H groups in total. The van der Waals surface area contributed by atoms with Crippen LogP contribution in [0.2, 0.25) is 0 Å². The molecule has 166 valence electrons. The molecule has 0 amide bonds. The summed E-state index contributed by atoms with van der Waals surface area (Å²) in [5.74, 6) is -5.30. The van der Waals surface area contributed by atoms with Gasteiger partial charge in [0, 0.05) is 31.7 Å². The van der Waals surface area contributed by atoms with Gasteiger partial charge in [0.2, 0.25) is 0 Å². The molecule has 0 fully saturated rings. The van der Waals surface area contributed by atoms with E-state index in [1.54, 1.807) is 0 Å². The number of hydrogen-bond donors (Lipinski definition) is 2. The van der Waals surface area contributed by atoms with Gasteiger partial charge in [-0.15, -0.1) is 0 Å². The molecule has 1 aromatic rings. The van der Waals surface area contributed by atoms with Crippen LogP contribution in [-0.2, 0) is 0 Å². The standard InChI is InChI=1S/C21H32F4N2O2/c1-15(7-5-6-10-26)12-27-16(2)18-11-17(28-13-20(3,22)23)8-9-19(18)29-14-21(4,24)25/h8-9,11,15,27H,2,5-7,10,12-14,26H2,1,3-4H3. The highest BCUT2D eigenvalue weighted by molar-refractivity contribution is 5.68. The van der Waals surface area contributed by atoms with Gasteiger partial charge < -0.3 is 20.5 Å². The lowest BCUT2D eigenvalue weighted by Crippen LogP contribution is -2.23. The molecular formula is C21H32F4N2O2. The van der Waals surface area contributed by atoms with Gasteiger partial charge in [0.15, 0.2) is 13.2 Å². The normalized spacial score (nSPS) is 13.1. The molecule has 0 heterocycles. The number of ether oxygens (including phenoxy) is 2. The first-order valence-corrected chi connectivity index (χ1v) is 9.70. The first-order chi connectivity index (χ1) is 13.4. The van der Waals surface area contributed by atoms with E-state index in [2.05, 4.69) is 18.8 Å². The molecule has 0 aromatic heterocycles. The van der Waals surface area contributed by atoms with Gasteiger partial charge in [-0.25, -0.2) is 17.6 Å². The maximum absolute atomic E-state index is 13.2. The number of hydrogen-bond acceptors (Lipinski definition) is 4. The molecule has 1 rings (SSSR count). The Morgan fingerprint density at radius 1 is 1.10 bits per heavy atom. The fourth-order valence-corrected chi connectivity index (χ4v) is 2.51. The average Bonchev–Trinajstić information content (AvgIpc) is 2.62. The van der Waals surface area contributed by atoms with Crippen LogP contribution in [0.4, 0.5) is 17.6 Å². The highest BCUT2D eigenvalue weighted by atomic mass is 19.3. The van der Waals surface area contributed by atoms with Gasteiger partial charge in [0.1, 0.15) is 11.5 Å². The summed E-state index contributed by atoms with van der Waals surface area (Å²) >= 11 is 0. The van der Waals surface area contributed by atoms with E-state index in [0.717, 1.165) is 33.1 Å². The molecule has 0 saturated heterocycles. The zero-order valence-corrected chi connectivity index (χ0v) is 17.4. The molecule has 4 nitrogen and oxygen atoms in total. The predicted octanol–water partition coefficient (Wildman–Crippen LogP) is 5.08. The fraction of sp³-hybridized carbons (Fsp3) is 0.619. The molecule has 1 atom stereocenters. The van der Waals surface area contributed by atoms with Crippen LogP contribution in [0, 0.1) is 5.92 Å². The number of rotatable bonds is 14. The summed E-state index contributed by atoms with van der Waals surface area (Å²) in [5, 5.41) is 3.17. The Hall–Kier alpha value is -1.96. The molecule has 0 aliphatic carbocycles. The van der Waals surface area contributed by atoms with E-state index < -0.39 is 25.1 Å². The summed E-state index contributed by atoms with van der Waals surface area (Å²) in [4.78, 5) is 0. The number of benzene rings is 1. The maximum atomic E-state index is 13.2. The third-order valence-corrected chi connectivity index (χ3v) is 4.06. The second-order valence-electron chi connectivity index (χ2n) is 7.62. The van der Waals surface area contributed by atoms with Crippen LogP contribution in [0.15, 0.2) is 24.8 Å². The molecule has 1 unspecified atom stereocenters. The second-order valence-corrected chi connectivity index (χ2v) is 7.62. The van der Waals surface area contributed by atoms with Crippen LogP contribution < -0.4 is 20.5 Å². The highest BCUT2D eigenvalue weighted by Crippen LogP contribution is 2.30. The zero-order chi connectivity index (χ0) is 22.1. The highest BCUT2D eigenvalue weighted by Gasteiger charge is 2.24. The molecule has 0 aliphatic heterocycles. The van der Waals surface area contributed by atoms with Crippen molar-refractivity contribution in [3.63, 3.8) is 0 Å². The maximum Gasteiger partial charge on any atom is 0.278 e. The number of nitrogens with two attached hydrogens (primary N) is 1. The monoisotopic (exact) mass is 420 g/mol. The van der Waals surface area contributed by atoms with E-state index in [1.165, 1.54) is 18.2 Å². The Bertz CT molecular complexity index is 643. The van der Waals surface area contributed by atoms with Crippen molar-refractivity contribution in [1.82, 2.24) is 5.32 Å². The topological polar surface area (TPSA) is 56.5 Å². The molecule has 0 bridgehead atoms. The van der Waals surface area contributed by atoms with Gasteiger partial charge in [0.25, 0.3) is 11.8 Å². The Kier molecular flexibility index (Phi) is 9.76. The van der Waals surface area contributed by atoms with Crippen molar-refractivity contribution in [1.29, 1.82) is 0 Å². The predicted molar refractivity (Wildman–Crippen MR) is 108 cm³/mol. The summed E-state index contributed by atoms with van der Waals surface area (Å²) in [5.41, 5.74) is 6.33. The Morgan fingerprint density at radius 3 is 2.31 bits per heavy atom. The molecule has 0 saturated carbocycles. The summed E-state index contributed by atoms with van der Waals surface area (Å²) in [6.07, 6.45) is 2.95. The second kappa shape index (κ2) is 11.3. The van der Waals surface area contributed by atoms with Gasteiger partial charge in [0.05, 0.1) is 0 Å². The molecule has 8 heteroatoms. The van der Waals surface area contributed by atoms with E-state index in [4.69, 9.17) is 15.2 Å². The van der Waals surface area contributed by atoms with E-state index in [0.29, 0.717) is 30.3 Å². The molecule has 1 aromatic carbocycles. The van der Waals surface area contributed by atoms with Crippen LogP contribution in [0.3, 0.4) is 0 Å². The Balaban J connectivity index is 2.87. The minimum absolute atomic E-state index is 0.176. The number of alkyl halides is 4. The lowest BCUT2D eigenvalue weighted by Gasteiger charge is -2.20. The van der Waals surface area contributed by atoms with Crippen molar-refractivity contribution < 1.29 is 27.0 Å². The van der Waals surface area contributed by atoms with Crippen LogP contribution in [-0.4, -0.2) is 38.1 Å². The summed E-state index contributed by atoms with van der Waals surface area (Å²) < 4.78 is 62.9. The zero-order valence-electron chi connectivity index (χ0n) is 17.4. The number of unbranched alkanes of at least 4 members (excludes halogenated alkanes) is 1. The quantitative estimate of drug-likeness (QED) is 0.326. The van der Waals surface area contributed by atoms with Gasteiger partial charge in [-0.05, 0) is 43.5 Å². The van der Waals surface area contributed by atoms with E-state index >= 15 is 0 Å². The molecule has 0 spiro atoms. The minimum atomic E-state index is -3.01. The SMILES string of the molecule is C=C(NCC(C)CCCCN)c1cc(OCC(C)(F)F)ccc1OCC(C)(F)F. The van der Waals surface area contributed by atoms with Crippen LogP contribution in [0.25, 0.3) is 5.70 Å². The first kappa shape index (κ1) is 25.1. The van der Waals surface area contributed by atoms with Gasteiger partial charge in [-0.1, -0.05) is 19.9 Å². The number of halogens is 4. The van der Waals surface area contributed by atoms with E-state index in [9.17, 15) is 17.6 Å². The lowest BCUT2D eigenvalue weighted by molar-refractivity contribution is -0.0244. The third kappa shape index (κ3) is 11.0. The average molecular weight is 420 g/mol. The number of nitrogens with one attached hydrogen (secondary N) is 1. The van der Waals surface area contributed by atoms with Crippen LogP contribution in [0.5, 0.6) is 11.5 Å². The summed E-state index contributed by atoms with van der Waals surface area (Å²) in [7, 11) is 0. The van der Waals surface area contributed by atoms with Crippen LogP contribution in [0.1, 0.15) is 45.6 Å². The minimum Gasteiger partial charge on any atom is -0.487 e. The Labute approximate surface area is 170 Å². The summed E-state index contributed by atoms with van der Waals surface area (Å²) in [6, 6.07) is 4.28. The smallest absolute Gasteiger partial charge is 0.278 e. The fourth-order valence-electron chi connectivity index (χ4n) is 2.51. The van der Waals surface area contributed by atoms with Crippen molar-refractivity contribution in [3.05, 3.63) is 30.3 Å². The van der Waals surface area contributed by atoms with E-state index in [-0.39, 0.29) is 11.5 Å². The van der Waals surface area contributed by atoms with Crippen molar-refractivity contribution in [2.75, 3.05) is 26.3 Å². The molecule has 0 radical (unpaired) electrons. The van der Waals surface area contributed by atoms with Crippen molar-refractivity contribution >= 4 is 5.70 Å². The van der Waals surface area contributed by atoms with E-state index in [1.807, 2.05) is 0 Å². The molecule has 0 aliphatic rings. The molecule has 29 heavy (non-hydrogen) atoms. The Morgan fingerprint density at radius 2 is 1.72 bits per heavy atom. The van der Waals surface area contributed by atoms with Crippen molar-refractivity contribution in [2.45, 2.75) is 51.9 Å². The van der Waals surface area contributed by atoms with Gasteiger partial charge in [-0.2, -0.15) is 0 Å². The third-order valence-electron chi connectivity index (χ3n) is 4.06. The van der Waals surface area contributed by atoms with Gasteiger partial charge in [-0.3, -0.25) is 0 Å². The largest absolute Gasteiger partial charge is 0.487 e. The van der Waals surface area contributed by atoms with Gasteiger partial charge >= 0.3 is 0 Å². The summed E-state index contributed by atoms with van der Waals surface area (Å²) in [6.45, 7) is 7.19. The van der Waals surface area contributed by atoms with Crippen molar-refractivity contribution in [2.24, 2.45) is 11.7 Å². The van der Waals surface area contributed by atoms with Crippen molar-refractivity contribution in [3.8, 4) is 11.5 Å². The first-order valence-electron chi connectivity index (χ1n) is 9.70. The van der Waals surface area contributed by atoms with Crippen LogP contribution >= 0.6 is 0 Å².